The van der Waals surface area contributed by atoms with E-state index in [2.05, 4.69) is 31.3 Å². The molecule has 0 saturated heterocycles. The largest absolute Gasteiger partial charge is 0.352 e. The zero-order valence-electron chi connectivity index (χ0n) is 12.6. The summed E-state index contributed by atoms with van der Waals surface area (Å²) in [4.78, 5) is 11.9. The summed E-state index contributed by atoms with van der Waals surface area (Å²) >= 11 is 0. The summed E-state index contributed by atoms with van der Waals surface area (Å²) in [7, 11) is 0. The van der Waals surface area contributed by atoms with Crippen molar-refractivity contribution >= 4 is 18.3 Å². The molecule has 3 nitrogen and oxygen atoms in total. The molecule has 3 N–H and O–H groups in total. The lowest BCUT2D eigenvalue weighted by Gasteiger charge is -2.18. The highest BCUT2D eigenvalue weighted by molar-refractivity contribution is 5.85. The number of carbonyl (C=O) groups excluding carboxylic acids is 1. The second kappa shape index (κ2) is 9.78. The fourth-order valence-corrected chi connectivity index (χ4v) is 2.06. The molecule has 20 heavy (non-hydrogen) atoms. The zero-order chi connectivity index (χ0) is 14.3. The maximum Gasteiger partial charge on any atom is 0.237 e. The van der Waals surface area contributed by atoms with Crippen LogP contribution in [0.2, 0.25) is 0 Å². The van der Waals surface area contributed by atoms with E-state index in [1.54, 1.807) is 0 Å². The lowest BCUT2D eigenvalue weighted by molar-refractivity contribution is -0.123. The van der Waals surface area contributed by atoms with Crippen LogP contribution in [-0.2, 0) is 11.2 Å². The maximum atomic E-state index is 11.9. The van der Waals surface area contributed by atoms with Crippen molar-refractivity contribution in [2.45, 2.75) is 52.1 Å². The van der Waals surface area contributed by atoms with E-state index in [4.69, 9.17) is 5.73 Å². The second-order valence-electron chi connectivity index (χ2n) is 5.67. The summed E-state index contributed by atoms with van der Waals surface area (Å²) < 4.78 is 0. The van der Waals surface area contributed by atoms with Crippen LogP contribution in [0.25, 0.3) is 0 Å². The van der Waals surface area contributed by atoms with Gasteiger partial charge >= 0.3 is 0 Å². The number of benzene rings is 1. The molecular formula is C16H27ClN2O. The van der Waals surface area contributed by atoms with E-state index in [-0.39, 0.29) is 30.4 Å². The van der Waals surface area contributed by atoms with E-state index in [0.29, 0.717) is 5.92 Å². The van der Waals surface area contributed by atoms with Gasteiger partial charge in [-0.1, -0.05) is 44.2 Å². The van der Waals surface area contributed by atoms with Gasteiger partial charge in [0.1, 0.15) is 0 Å². The highest BCUT2D eigenvalue weighted by atomic mass is 35.5. The molecule has 0 aromatic heterocycles. The Balaban J connectivity index is 0.00000361. The van der Waals surface area contributed by atoms with Crippen LogP contribution in [0.4, 0.5) is 0 Å². The first-order valence-corrected chi connectivity index (χ1v) is 7.09. The first-order valence-electron chi connectivity index (χ1n) is 7.09. The summed E-state index contributed by atoms with van der Waals surface area (Å²) in [6.07, 6.45) is 2.64. The van der Waals surface area contributed by atoms with Crippen LogP contribution in [0.3, 0.4) is 0 Å². The van der Waals surface area contributed by atoms with Crippen molar-refractivity contribution in [3.63, 3.8) is 0 Å². The maximum absolute atomic E-state index is 11.9. The van der Waals surface area contributed by atoms with Crippen molar-refractivity contribution in [1.82, 2.24) is 5.32 Å². The lowest BCUT2D eigenvalue weighted by Crippen LogP contribution is -2.45. The first kappa shape index (κ1) is 18.9. The van der Waals surface area contributed by atoms with Gasteiger partial charge in [-0.3, -0.25) is 4.79 Å². The monoisotopic (exact) mass is 298 g/mol. The minimum absolute atomic E-state index is 0. The van der Waals surface area contributed by atoms with Crippen LogP contribution in [0, 0.1) is 5.92 Å². The zero-order valence-corrected chi connectivity index (χ0v) is 13.5. The summed E-state index contributed by atoms with van der Waals surface area (Å²) in [5.74, 6) is 0.412. The summed E-state index contributed by atoms with van der Waals surface area (Å²) in [6.45, 7) is 6.18. The van der Waals surface area contributed by atoms with Gasteiger partial charge in [-0.15, -0.1) is 12.4 Å². The fraction of sp³-hybridized carbons (Fsp3) is 0.562. The van der Waals surface area contributed by atoms with Crippen molar-refractivity contribution in [2.75, 3.05) is 0 Å². The number of rotatable bonds is 7. The van der Waals surface area contributed by atoms with Crippen molar-refractivity contribution < 1.29 is 4.79 Å². The molecule has 114 valence electrons. The number of nitrogens with one attached hydrogen (secondary N) is 1. The smallest absolute Gasteiger partial charge is 0.237 e. The lowest BCUT2D eigenvalue weighted by atomic mass is 10.0. The third-order valence-corrected chi connectivity index (χ3v) is 3.16. The molecule has 1 aromatic carbocycles. The highest BCUT2D eigenvalue weighted by Crippen LogP contribution is 2.06. The minimum atomic E-state index is -0.390. The molecule has 1 amide bonds. The molecule has 2 atom stereocenters. The van der Waals surface area contributed by atoms with Gasteiger partial charge < -0.3 is 11.1 Å². The van der Waals surface area contributed by atoms with Crippen LogP contribution >= 0.6 is 12.4 Å². The van der Waals surface area contributed by atoms with Crippen molar-refractivity contribution in [3.05, 3.63) is 35.9 Å². The molecule has 0 aliphatic heterocycles. The molecule has 0 bridgehead atoms. The van der Waals surface area contributed by atoms with Gasteiger partial charge in [-0.05, 0) is 37.7 Å². The van der Waals surface area contributed by atoms with Crippen molar-refractivity contribution in [3.8, 4) is 0 Å². The SMILES string of the molecule is CC(C)C[C@H](N)C(=O)NC(C)CCc1ccccc1.Cl. The Labute approximate surface area is 128 Å². The normalized spacial score (nSPS) is 13.4. The van der Waals surface area contributed by atoms with Crippen LogP contribution in [0.1, 0.15) is 39.2 Å². The number of nitrogens with two attached hydrogens (primary N) is 1. The third-order valence-electron chi connectivity index (χ3n) is 3.16. The number of amides is 1. The van der Waals surface area contributed by atoms with Crippen LogP contribution in [0.15, 0.2) is 30.3 Å². The van der Waals surface area contributed by atoms with Crippen LogP contribution in [0.5, 0.6) is 0 Å². The number of aryl methyl sites for hydroxylation is 1. The molecule has 1 aromatic rings. The van der Waals surface area contributed by atoms with E-state index in [0.717, 1.165) is 19.3 Å². The van der Waals surface area contributed by atoms with Crippen molar-refractivity contribution in [1.29, 1.82) is 0 Å². The number of halogens is 1. The van der Waals surface area contributed by atoms with Gasteiger partial charge in [0.05, 0.1) is 6.04 Å². The molecular weight excluding hydrogens is 272 g/mol. The number of carbonyl (C=O) groups is 1. The van der Waals surface area contributed by atoms with E-state index >= 15 is 0 Å². The quantitative estimate of drug-likeness (QED) is 0.813. The van der Waals surface area contributed by atoms with Crippen molar-refractivity contribution in [2.24, 2.45) is 11.7 Å². The molecule has 4 heteroatoms. The van der Waals surface area contributed by atoms with Gasteiger partial charge in [-0.25, -0.2) is 0 Å². The van der Waals surface area contributed by atoms with Crippen LogP contribution < -0.4 is 11.1 Å². The molecule has 0 spiro atoms. The van der Waals surface area contributed by atoms with E-state index < -0.39 is 0 Å². The van der Waals surface area contributed by atoms with E-state index in [1.807, 2.05) is 25.1 Å². The average molecular weight is 299 g/mol. The Hall–Kier alpha value is -1.06. The Morgan fingerprint density at radius 2 is 1.80 bits per heavy atom. The van der Waals surface area contributed by atoms with Gasteiger partial charge in [0.15, 0.2) is 0 Å². The number of hydrogen-bond donors (Lipinski definition) is 2. The molecule has 0 saturated carbocycles. The summed E-state index contributed by atoms with van der Waals surface area (Å²) in [6, 6.07) is 10.1. The molecule has 0 heterocycles. The van der Waals surface area contributed by atoms with Gasteiger partial charge in [0, 0.05) is 6.04 Å². The standard InChI is InChI=1S/C16H26N2O.ClH/c1-12(2)11-15(17)16(19)18-13(3)9-10-14-7-5-4-6-8-14;/h4-8,12-13,15H,9-11,17H2,1-3H3,(H,18,19);1H/t13?,15-;/m0./s1. The first-order chi connectivity index (χ1) is 8.99. The van der Waals surface area contributed by atoms with E-state index in [1.165, 1.54) is 5.56 Å². The van der Waals surface area contributed by atoms with Gasteiger partial charge in [0.25, 0.3) is 0 Å². The molecule has 0 aliphatic rings. The Morgan fingerprint density at radius 3 is 2.35 bits per heavy atom. The average Bonchev–Trinajstić information content (AvgIpc) is 2.36. The molecule has 0 fully saturated rings. The second-order valence-corrected chi connectivity index (χ2v) is 5.67. The van der Waals surface area contributed by atoms with Crippen LogP contribution in [-0.4, -0.2) is 18.0 Å². The predicted octanol–water partition coefficient (Wildman–Crippen LogP) is 2.92. The van der Waals surface area contributed by atoms with E-state index in [9.17, 15) is 4.79 Å². The number of hydrogen-bond acceptors (Lipinski definition) is 2. The summed E-state index contributed by atoms with van der Waals surface area (Å²) in [5.41, 5.74) is 7.16. The molecule has 0 radical (unpaired) electrons. The summed E-state index contributed by atoms with van der Waals surface area (Å²) in [5, 5.41) is 2.99. The molecule has 1 rings (SSSR count). The third kappa shape index (κ3) is 7.51. The Bertz CT molecular complexity index is 381. The highest BCUT2D eigenvalue weighted by Gasteiger charge is 2.16. The van der Waals surface area contributed by atoms with Gasteiger partial charge in [0.2, 0.25) is 5.91 Å². The van der Waals surface area contributed by atoms with Gasteiger partial charge in [-0.2, -0.15) is 0 Å². The molecule has 0 aliphatic carbocycles. The Kier molecular flexibility index (Phi) is 9.26. The Morgan fingerprint density at radius 1 is 1.20 bits per heavy atom. The topological polar surface area (TPSA) is 55.1 Å². The predicted molar refractivity (Wildman–Crippen MR) is 87.0 cm³/mol. The minimum Gasteiger partial charge on any atom is -0.352 e. The molecule has 1 unspecified atom stereocenters. The fourth-order valence-electron chi connectivity index (χ4n) is 2.06.